The molecule has 0 spiro atoms. The van der Waals surface area contributed by atoms with Gasteiger partial charge in [-0.05, 0) is 69.3 Å². The van der Waals surface area contributed by atoms with Gasteiger partial charge in [0, 0.05) is 27.7 Å². The van der Waals surface area contributed by atoms with Gasteiger partial charge in [0.05, 0.1) is 18.4 Å². The van der Waals surface area contributed by atoms with E-state index in [0.29, 0.717) is 22.9 Å². The van der Waals surface area contributed by atoms with Gasteiger partial charge in [0.15, 0.2) is 6.61 Å². The first-order valence-electron chi connectivity index (χ1n) is 10.1. The number of ether oxygens (including phenoxy) is 2. The van der Waals surface area contributed by atoms with Crippen LogP contribution in [0.5, 0.6) is 5.75 Å². The van der Waals surface area contributed by atoms with E-state index in [1.807, 2.05) is 36.6 Å². The van der Waals surface area contributed by atoms with E-state index in [4.69, 9.17) is 21.1 Å². The Morgan fingerprint density at radius 3 is 2.56 bits per heavy atom. The number of hydrogen-bond donors (Lipinski definition) is 1. The quantitative estimate of drug-likeness (QED) is 0.310. The van der Waals surface area contributed by atoms with Crippen LogP contribution in [0.25, 0.3) is 5.69 Å². The van der Waals surface area contributed by atoms with E-state index < -0.39 is 0 Å². The topological polar surface area (TPSA) is 81.9 Å². The largest absolute Gasteiger partial charge is 0.484 e. The van der Waals surface area contributed by atoms with Gasteiger partial charge in [-0.15, -0.1) is 0 Å². The molecular weight excluding hydrogens is 430 g/mol. The highest BCUT2D eigenvalue weighted by Gasteiger charge is 2.11. The lowest BCUT2D eigenvalue weighted by molar-refractivity contribution is -0.123. The number of carbonyl (C=O) groups is 2. The number of nitrogens with one attached hydrogen (secondary N) is 1. The average molecular weight is 454 g/mol. The van der Waals surface area contributed by atoms with Crippen LogP contribution in [-0.4, -0.2) is 35.9 Å². The average Bonchev–Trinajstić information content (AvgIpc) is 3.05. The fourth-order valence-corrected chi connectivity index (χ4v) is 3.37. The van der Waals surface area contributed by atoms with Gasteiger partial charge in [-0.3, -0.25) is 4.79 Å². The molecule has 0 aliphatic heterocycles. The first-order chi connectivity index (χ1) is 15.4. The van der Waals surface area contributed by atoms with Gasteiger partial charge >= 0.3 is 5.97 Å². The van der Waals surface area contributed by atoms with Crippen LogP contribution in [0, 0.1) is 13.8 Å². The van der Waals surface area contributed by atoms with Crippen molar-refractivity contribution in [3.05, 3.63) is 82.1 Å². The number of hydrogen-bond acceptors (Lipinski definition) is 5. The van der Waals surface area contributed by atoms with Gasteiger partial charge < -0.3 is 14.0 Å². The lowest BCUT2D eigenvalue weighted by Gasteiger charge is -2.10. The summed E-state index contributed by atoms with van der Waals surface area (Å²) in [5, 5.41) is 4.57. The number of benzene rings is 2. The molecule has 0 atom stereocenters. The molecule has 2 aromatic carbocycles. The number of hydrazone groups is 1. The highest BCUT2D eigenvalue weighted by Crippen LogP contribution is 2.20. The lowest BCUT2D eigenvalue weighted by atomic mass is 10.2. The molecule has 3 aromatic rings. The summed E-state index contributed by atoms with van der Waals surface area (Å²) < 4.78 is 12.5. The van der Waals surface area contributed by atoms with Crippen molar-refractivity contribution in [3.63, 3.8) is 0 Å². The summed E-state index contributed by atoms with van der Waals surface area (Å²) in [5.74, 6) is -0.221. The number of rotatable bonds is 8. The van der Waals surface area contributed by atoms with E-state index in [-0.39, 0.29) is 18.5 Å². The van der Waals surface area contributed by atoms with E-state index in [9.17, 15) is 9.59 Å². The third kappa shape index (κ3) is 5.76. The van der Waals surface area contributed by atoms with Crippen molar-refractivity contribution in [2.24, 2.45) is 5.10 Å². The molecular formula is C24H24ClN3O4. The molecule has 0 unspecified atom stereocenters. The molecule has 0 aliphatic rings. The normalized spacial score (nSPS) is 10.9. The molecule has 8 heteroatoms. The fourth-order valence-electron chi connectivity index (χ4n) is 3.19. The summed E-state index contributed by atoms with van der Waals surface area (Å²) in [6, 6.07) is 16.0. The standard InChI is InChI=1S/C24H24ClN3O4/c1-4-31-24(30)18-8-10-21(11-9-18)28-16(2)12-19(17(28)3)14-26-27-23(29)15-32-22-7-5-6-20(25)13-22/h5-14H,4,15H2,1-3H3,(H,27,29)/b26-14+. The van der Waals surface area contributed by atoms with Crippen molar-refractivity contribution < 1.29 is 19.1 Å². The number of amides is 1. The number of esters is 1. The van der Waals surface area contributed by atoms with Crippen LogP contribution >= 0.6 is 11.6 Å². The molecule has 7 nitrogen and oxygen atoms in total. The second kappa shape index (κ2) is 10.6. The van der Waals surface area contributed by atoms with Crippen LogP contribution in [0.3, 0.4) is 0 Å². The van der Waals surface area contributed by atoms with E-state index in [1.54, 1.807) is 49.5 Å². The minimum Gasteiger partial charge on any atom is -0.484 e. The van der Waals surface area contributed by atoms with Gasteiger partial charge in [0.2, 0.25) is 0 Å². The predicted octanol–water partition coefficient (Wildman–Crippen LogP) is 4.45. The maximum absolute atomic E-state index is 12.0. The summed E-state index contributed by atoms with van der Waals surface area (Å²) >= 11 is 5.89. The lowest BCUT2D eigenvalue weighted by Crippen LogP contribution is -2.24. The van der Waals surface area contributed by atoms with E-state index in [1.165, 1.54) is 0 Å². The Morgan fingerprint density at radius 1 is 1.12 bits per heavy atom. The maximum atomic E-state index is 12.0. The van der Waals surface area contributed by atoms with Crippen molar-refractivity contribution in [3.8, 4) is 11.4 Å². The van der Waals surface area contributed by atoms with Crippen LogP contribution in [0.15, 0.2) is 59.7 Å². The maximum Gasteiger partial charge on any atom is 0.338 e. The zero-order chi connectivity index (χ0) is 23.1. The van der Waals surface area contributed by atoms with Crippen molar-refractivity contribution in [1.82, 2.24) is 9.99 Å². The zero-order valence-electron chi connectivity index (χ0n) is 18.1. The van der Waals surface area contributed by atoms with Crippen LogP contribution in [-0.2, 0) is 9.53 Å². The molecule has 1 amide bonds. The fraction of sp³-hybridized carbons (Fsp3) is 0.208. The van der Waals surface area contributed by atoms with Crippen molar-refractivity contribution in [1.29, 1.82) is 0 Å². The van der Waals surface area contributed by atoms with E-state index >= 15 is 0 Å². The first kappa shape index (κ1) is 23.1. The molecule has 1 aromatic heterocycles. The minimum absolute atomic E-state index is 0.177. The van der Waals surface area contributed by atoms with Gasteiger partial charge in [-0.25, -0.2) is 10.2 Å². The Labute approximate surface area is 191 Å². The third-order valence-corrected chi connectivity index (χ3v) is 4.90. The molecule has 0 radical (unpaired) electrons. The van der Waals surface area contributed by atoms with E-state index in [2.05, 4.69) is 10.5 Å². The van der Waals surface area contributed by atoms with E-state index in [0.717, 1.165) is 22.6 Å². The number of aromatic nitrogens is 1. The Kier molecular flexibility index (Phi) is 7.68. The first-order valence-corrected chi connectivity index (χ1v) is 10.4. The molecule has 3 rings (SSSR count). The Hall–Kier alpha value is -3.58. The zero-order valence-corrected chi connectivity index (χ0v) is 18.8. The van der Waals surface area contributed by atoms with Gasteiger partial charge in [-0.2, -0.15) is 5.10 Å². The monoisotopic (exact) mass is 453 g/mol. The Morgan fingerprint density at radius 2 is 1.88 bits per heavy atom. The Balaban J connectivity index is 1.63. The molecule has 32 heavy (non-hydrogen) atoms. The summed E-state index contributed by atoms with van der Waals surface area (Å²) in [7, 11) is 0. The van der Waals surface area contributed by atoms with Gasteiger partial charge in [0.1, 0.15) is 5.75 Å². The summed E-state index contributed by atoms with van der Waals surface area (Å²) in [6.45, 7) is 5.86. The van der Waals surface area contributed by atoms with Crippen LogP contribution in [0.2, 0.25) is 5.02 Å². The molecule has 0 fully saturated rings. The summed E-state index contributed by atoms with van der Waals surface area (Å²) in [4.78, 5) is 23.8. The molecule has 0 saturated heterocycles. The number of nitrogens with zero attached hydrogens (tertiary/aromatic N) is 2. The molecule has 166 valence electrons. The van der Waals surface area contributed by atoms with Crippen molar-refractivity contribution in [2.45, 2.75) is 20.8 Å². The van der Waals surface area contributed by atoms with Crippen molar-refractivity contribution in [2.75, 3.05) is 13.2 Å². The van der Waals surface area contributed by atoms with Crippen LogP contribution < -0.4 is 10.2 Å². The molecule has 1 heterocycles. The van der Waals surface area contributed by atoms with Crippen LogP contribution in [0.4, 0.5) is 0 Å². The molecule has 0 saturated carbocycles. The molecule has 1 N–H and O–H groups in total. The minimum atomic E-state index is -0.385. The second-order valence-corrected chi connectivity index (χ2v) is 7.40. The summed E-state index contributed by atoms with van der Waals surface area (Å²) in [6.07, 6.45) is 1.59. The SMILES string of the molecule is CCOC(=O)c1ccc(-n2c(C)cc(/C=N/NC(=O)COc3cccc(Cl)c3)c2C)cc1. The molecule has 0 aliphatic carbocycles. The van der Waals surface area contributed by atoms with Crippen LogP contribution in [0.1, 0.15) is 34.2 Å². The van der Waals surface area contributed by atoms with Gasteiger partial charge in [0.25, 0.3) is 5.91 Å². The predicted molar refractivity (Wildman–Crippen MR) is 124 cm³/mol. The number of halogens is 1. The summed E-state index contributed by atoms with van der Waals surface area (Å²) in [5.41, 5.74) is 6.65. The highest BCUT2D eigenvalue weighted by molar-refractivity contribution is 6.30. The smallest absolute Gasteiger partial charge is 0.338 e. The third-order valence-electron chi connectivity index (χ3n) is 4.67. The number of aryl methyl sites for hydroxylation is 1. The highest BCUT2D eigenvalue weighted by atomic mass is 35.5. The molecule has 0 bridgehead atoms. The second-order valence-electron chi connectivity index (χ2n) is 6.97. The van der Waals surface area contributed by atoms with Gasteiger partial charge in [-0.1, -0.05) is 17.7 Å². The number of carbonyl (C=O) groups excluding carboxylic acids is 2. The Bertz CT molecular complexity index is 1140. The van der Waals surface area contributed by atoms with Crippen molar-refractivity contribution >= 4 is 29.7 Å².